The smallest absolute Gasteiger partial charge is 0.255 e. The van der Waals surface area contributed by atoms with Gasteiger partial charge in [0.1, 0.15) is 24.2 Å². The highest BCUT2D eigenvalue weighted by Gasteiger charge is 2.40. The van der Waals surface area contributed by atoms with Crippen LogP contribution in [0.4, 0.5) is 10.1 Å². The zero-order valence-corrected chi connectivity index (χ0v) is 23.9. The summed E-state index contributed by atoms with van der Waals surface area (Å²) in [7, 11) is 0. The predicted molar refractivity (Wildman–Crippen MR) is 157 cm³/mol. The van der Waals surface area contributed by atoms with Crippen LogP contribution in [0.2, 0.25) is 0 Å². The van der Waals surface area contributed by atoms with Crippen molar-refractivity contribution in [1.29, 1.82) is 5.26 Å². The lowest BCUT2D eigenvalue weighted by Gasteiger charge is -2.39. The van der Waals surface area contributed by atoms with E-state index in [1.165, 1.54) is 16.5 Å². The normalized spacial score (nSPS) is 19.6. The number of imide groups is 1. The molecular formula is C33H32FN5O4. The number of benzene rings is 3. The van der Waals surface area contributed by atoms with E-state index in [0.29, 0.717) is 48.7 Å². The topological polar surface area (TPSA) is 106 Å². The van der Waals surface area contributed by atoms with Crippen molar-refractivity contribution < 1.29 is 23.5 Å². The fraction of sp³-hybridized carbons (Fsp3) is 0.333. The second kappa shape index (κ2) is 11.9. The van der Waals surface area contributed by atoms with Gasteiger partial charge in [-0.3, -0.25) is 24.6 Å². The molecule has 43 heavy (non-hydrogen) atoms. The first kappa shape index (κ1) is 28.4. The third-order valence-electron chi connectivity index (χ3n) is 8.68. The van der Waals surface area contributed by atoms with Gasteiger partial charge in [-0.05, 0) is 54.8 Å². The summed E-state index contributed by atoms with van der Waals surface area (Å²) in [4.78, 5) is 42.9. The Labute approximate surface area is 249 Å². The number of nitriles is 1. The lowest BCUT2D eigenvalue weighted by atomic mass is 10.0. The first-order valence-corrected chi connectivity index (χ1v) is 14.5. The van der Waals surface area contributed by atoms with E-state index in [9.17, 15) is 18.8 Å². The molecule has 0 bridgehead atoms. The molecule has 3 amide bonds. The van der Waals surface area contributed by atoms with Crippen LogP contribution in [0.5, 0.6) is 5.75 Å². The average molecular weight is 582 g/mol. The molecule has 0 aromatic heterocycles. The second-order valence-electron chi connectivity index (χ2n) is 11.2. The summed E-state index contributed by atoms with van der Waals surface area (Å²) in [6.07, 6.45) is 0.528. The number of ether oxygens (including phenoxy) is 1. The summed E-state index contributed by atoms with van der Waals surface area (Å²) in [5.74, 6) is -0.729. The number of piperidine rings is 1. The second-order valence-corrected chi connectivity index (χ2v) is 11.2. The Hall–Kier alpha value is -4.75. The number of fused-ring (bicyclic) bond motifs is 1. The number of nitrogens with zero attached hydrogens (tertiary/aromatic N) is 4. The van der Waals surface area contributed by atoms with E-state index in [-0.39, 0.29) is 36.6 Å². The van der Waals surface area contributed by atoms with Gasteiger partial charge in [0.2, 0.25) is 11.8 Å². The molecular weight excluding hydrogens is 549 g/mol. The Morgan fingerprint density at radius 3 is 2.51 bits per heavy atom. The Bertz CT molecular complexity index is 1610. The van der Waals surface area contributed by atoms with Gasteiger partial charge in [-0.25, -0.2) is 4.39 Å². The first-order valence-electron chi connectivity index (χ1n) is 14.5. The van der Waals surface area contributed by atoms with Crippen LogP contribution in [0, 0.1) is 17.1 Å². The van der Waals surface area contributed by atoms with Crippen molar-refractivity contribution in [3.63, 3.8) is 0 Å². The van der Waals surface area contributed by atoms with E-state index in [2.05, 4.69) is 29.3 Å². The van der Waals surface area contributed by atoms with Gasteiger partial charge in [0.25, 0.3) is 5.91 Å². The molecule has 3 aliphatic rings. The van der Waals surface area contributed by atoms with Crippen molar-refractivity contribution in [2.75, 3.05) is 31.1 Å². The highest BCUT2D eigenvalue weighted by atomic mass is 19.1. The van der Waals surface area contributed by atoms with Gasteiger partial charge in [-0.2, -0.15) is 5.26 Å². The molecule has 2 saturated heterocycles. The van der Waals surface area contributed by atoms with Crippen LogP contribution in [0.25, 0.3) is 0 Å². The molecule has 1 unspecified atom stereocenters. The van der Waals surface area contributed by atoms with Gasteiger partial charge in [-0.1, -0.05) is 30.3 Å². The van der Waals surface area contributed by atoms with Crippen LogP contribution < -0.4 is 15.0 Å². The molecule has 0 saturated carbocycles. The zero-order valence-electron chi connectivity index (χ0n) is 23.9. The fourth-order valence-corrected chi connectivity index (χ4v) is 6.14. The molecule has 0 aliphatic carbocycles. The summed E-state index contributed by atoms with van der Waals surface area (Å²) in [6.45, 7) is 5.74. The van der Waals surface area contributed by atoms with E-state index in [4.69, 9.17) is 10.00 Å². The number of piperazine rings is 1. The minimum atomic E-state index is -0.667. The maximum Gasteiger partial charge on any atom is 0.255 e. The molecule has 10 heteroatoms. The van der Waals surface area contributed by atoms with Crippen LogP contribution in [-0.2, 0) is 22.7 Å². The Balaban J connectivity index is 1.05. The van der Waals surface area contributed by atoms with E-state index >= 15 is 0 Å². The summed E-state index contributed by atoms with van der Waals surface area (Å²) < 4.78 is 20.7. The minimum Gasteiger partial charge on any atom is -0.489 e. The number of halogens is 1. The fourth-order valence-electron chi connectivity index (χ4n) is 6.14. The lowest BCUT2D eigenvalue weighted by Crippen LogP contribution is -2.52. The number of anilines is 1. The summed E-state index contributed by atoms with van der Waals surface area (Å²) in [5.41, 5.74) is 4.29. The molecule has 3 aliphatic heterocycles. The Kier molecular flexibility index (Phi) is 7.82. The van der Waals surface area contributed by atoms with E-state index in [1.54, 1.807) is 24.3 Å². The molecule has 1 N–H and O–H groups in total. The van der Waals surface area contributed by atoms with Gasteiger partial charge in [0.15, 0.2) is 0 Å². The predicted octanol–water partition coefficient (Wildman–Crippen LogP) is 3.92. The quantitative estimate of drug-likeness (QED) is 0.422. The SMILES string of the molecule is C[C@H](c1ccc(COc2cccc3c2CN(C2CCC(=O)NC2=O)C3=O)cc1)N1CCN(c2ccc(C#N)cc2F)CC1. The number of hydrogen-bond donors (Lipinski definition) is 1. The molecule has 3 aromatic rings. The zero-order chi connectivity index (χ0) is 30.1. The number of carbonyl (C=O) groups is 3. The first-order chi connectivity index (χ1) is 20.8. The molecule has 0 spiro atoms. The third kappa shape index (κ3) is 5.68. The molecule has 2 fully saturated rings. The standard InChI is InChI=1S/C33H32FN5O4/c1-21(37-13-15-38(16-14-37)28-10-7-23(18-35)17-27(28)34)24-8-5-22(6-9-24)20-43-30-4-2-3-25-26(30)19-39(33(25)42)29-11-12-31(40)36-32(29)41/h2-10,17,21,29H,11-16,19-20H2,1H3,(H,36,40,41)/t21-,29?/m1/s1. The van der Waals surface area contributed by atoms with Crippen LogP contribution >= 0.6 is 0 Å². The van der Waals surface area contributed by atoms with Gasteiger partial charge in [0, 0.05) is 49.8 Å². The maximum absolute atomic E-state index is 14.5. The van der Waals surface area contributed by atoms with Crippen LogP contribution in [0.1, 0.15) is 58.4 Å². The Morgan fingerprint density at radius 1 is 1.05 bits per heavy atom. The molecule has 3 aromatic carbocycles. The lowest BCUT2D eigenvalue weighted by molar-refractivity contribution is -0.136. The highest BCUT2D eigenvalue weighted by molar-refractivity contribution is 6.05. The monoisotopic (exact) mass is 581 g/mol. The number of carbonyl (C=O) groups excluding carboxylic acids is 3. The number of rotatable bonds is 7. The van der Waals surface area contributed by atoms with Crippen molar-refractivity contribution in [3.8, 4) is 11.8 Å². The van der Waals surface area contributed by atoms with Crippen molar-refractivity contribution in [1.82, 2.24) is 15.1 Å². The molecule has 3 heterocycles. The van der Waals surface area contributed by atoms with E-state index in [0.717, 1.165) is 24.2 Å². The molecule has 220 valence electrons. The Morgan fingerprint density at radius 2 is 1.81 bits per heavy atom. The van der Waals surface area contributed by atoms with Gasteiger partial charge in [-0.15, -0.1) is 0 Å². The number of nitrogens with one attached hydrogen (secondary N) is 1. The van der Waals surface area contributed by atoms with Gasteiger partial charge in [0.05, 0.1) is 23.9 Å². The average Bonchev–Trinajstić information content (AvgIpc) is 3.36. The van der Waals surface area contributed by atoms with Crippen LogP contribution in [0.15, 0.2) is 60.7 Å². The largest absolute Gasteiger partial charge is 0.489 e. The summed E-state index contributed by atoms with van der Waals surface area (Å²) in [6, 6.07) is 19.7. The molecule has 6 rings (SSSR count). The third-order valence-corrected chi connectivity index (χ3v) is 8.68. The number of amides is 3. The van der Waals surface area contributed by atoms with Crippen LogP contribution in [0.3, 0.4) is 0 Å². The molecule has 2 atom stereocenters. The molecule has 0 radical (unpaired) electrons. The highest BCUT2D eigenvalue weighted by Crippen LogP contribution is 2.34. The summed E-state index contributed by atoms with van der Waals surface area (Å²) >= 11 is 0. The van der Waals surface area contributed by atoms with E-state index in [1.807, 2.05) is 29.2 Å². The number of hydrogen-bond acceptors (Lipinski definition) is 7. The van der Waals surface area contributed by atoms with Crippen molar-refractivity contribution in [2.45, 2.75) is 45.0 Å². The van der Waals surface area contributed by atoms with Crippen LogP contribution in [-0.4, -0.2) is 59.7 Å². The minimum absolute atomic E-state index is 0.185. The molecule has 9 nitrogen and oxygen atoms in total. The van der Waals surface area contributed by atoms with E-state index < -0.39 is 11.9 Å². The van der Waals surface area contributed by atoms with Crippen molar-refractivity contribution in [3.05, 3.63) is 94.3 Å². The van der Waals surface area contributed by atoms with Gasteiger partial charge >= 0.3 is 0 Å². The van der Waals surface area contributed by atoms with Gasteiger partial charge < -0.3 is 14.5 Å². The maximum atomic E-state index is 14.5. The summed E-state index contributed by atoms with van der Waals surface area (Å²) in [5, 5.41) is 11.3. The van der Waals surface area contributed by atoms with Crippen molar-refractivity contribution >= 4 is 23.4 Å². The van der Waals surface area contributed by atoms with Crippen molar-refractivity contribution in [2.24, 2.45) is 0 Å².